The summed E-state index contributed by atoms with van der Waals surface area (Å²) in [5.74, 6) is 0. The van der Waals surface area contributed by atoms with Gasteiger partial charge >= 0.3 is 0 Å². The molecular weight excluding hydrogens is 358 g/mol. The van der Waals surface area contributed by atoms with Gasteiger partial charge in [0.25, 0.3) is 0 Å². The SMILES string of the molecule is CSC(=S)OC1(c2ccc(CO[Si](C)(C)C(C)(C)C)nc2)COC1. The van der Waals surface area contributed by atoms with Crippen molar-refractivity contribution in [3.05, 3.63) is 29.6 Å². The molecule has 1 saturated heterocycles. The van der Waals surface area contributed by atoms with Crippen LogP contribution in [0.4, 0.5) is 0 Å². The lowest BCUT2D eigenvalue weighted by Crippen LogP contribution is -2.49. The largest absolute Gasteiger partial charge is 0.462 e. The third kappa shape index (κ3) is 4.38. The highest BCUT2D eigenvalue weighted by molar-refractivity contribution is 8.22. The minimum Gasteiger partial charge on any atom is -0.462 e. The fourth-order valence-electron chi connectivity index (χ4n) is 2.02. The average molecular weight is 386 g/mol. The van der Waals surface area contributed by atoms with E-state index in [1.807, 2.05) is 24.6 Å². The van der Waals surface area contributed by atoms with Gasteiger partial charge in [-0.25, -0.2) is 0 Å². The molecule has 0 amide bonds. The molecule has 0 unspecified atom stereocenters. The number of aromatic nitrogens is 1. The molecule has 24 heavy (non-hydrogen) atoms. The van der Waals surface area contributed by atoms with Gasteiger partial charge in [0.1, 0.15) is 0 Å². The summed E-state index contributed by atoms with van der Waals surface area (Å²) in [5, 5.41) is 0.196. The molecule has 1 fully saturated rings. The molecule has 2 rings (SSSR count). The summed E-state index contributed by atoms with van der Waals surface area (Å²) in [7, 11) is -1.76. The van der Waals surface area contributed by atoms with Crippen LogP contribution in [0.1, 0.15) is 32.0 Å². The van der Waals surface area contributed by atoms with E-state index in [0.717, 1.165) is 11.3 Å². The summed E-state index contributed by atoms with van der Waals surface area (Å²) in [6.45, 7) is 12.8. The van der Waals surface area contributed by atoms with Crippen molar-refractivity contribution in [2.75, 3.05) is 19.5 Å². The molecule has 1 aromatic heterocycles. The zero-order valence-electron chi connectivity index (χ0n) is 15.3. The van der Waals surface area contributed by atoms with Crippen molar-refractivity contribution in [3.63, 3.8) is 0 Å². The molecule has 0 spiro atoms. The number of ether oxygens (including phenoxy) is 2. The fourth-order valence-corrected chi connectivity index (χ4v) is 3.37. The minimum absolute atomic E-state index is 0.196. The van der Waals surface area contributed by atoms with Crippen LogP contribution in [-0.4, -0.2) is 37.2 Å². The Morgan fingerprint density at radius 3 is 2.46 bits per heavy atom. The predicted molar refractivity (Wildman–Crippen MR) is 106 cm³/mol. The van der Waals surface area contributed by atoms with Crippen molar-refractivity contribution in [1.82, 2.24) is 4.98 Å². The van der Waals surface area contributed by atoms with E-state index in [9.17, 15) is 0 Å². The van der Waals surface area contributed by atoms with E-state index in [2.05, 4.69) is 38.8 Å². The molecule has 0 saturated carbocycles. The standard InChI is InChI=1S/C17H27NO3S2Si/c1-16(2,3)24(5,6)20-10-14-8-7-13(9-18-14)17(11-19-12-17)21-15(22)23-4/h7-9H,10-12H2,1-6H3. The second-order valence-corrected chi connectivity index (χ2v) is 13.8. The molecular formula is C17H27NO3S2Si. The molecule has 0 bridgehead atoms. The predicted octanol–water partition coefficient (Wildman–Crippen LogP) is 4.49. The maximum absolute atomic E-state index is 6.22. The van der Waals surface area contributed by atoms with Gasteiger partial charge in [0.2, 0.25) is 4.38 Å². The second kappa shape index (κ2) is 7.41. The summed E-state index contributed by atoms with van der Waals surface area (Å²) >= 11 is 6.63. The molecule has 7 heteroatoms. The number of rotatable bonds is 5. The Morgan fingerprint density at radius 2 is 2.04 bits per heavy atom. The number of thiocarbonyl (C=S) groups is 1. The van der Waals surface area contributed by atoms with Crippen LogP contribution in [-0.2, 0) is 26.1 Å². The molecule has 0 atom stereocenters. The van der Waals surface area contributed by atoms with E-state index in [1.165, 1.54) is 11.8 Å². The monoisotopic (exact) mass is 385 g/mol. The molecule has 0 aliphatic carbocycles. The summed E-state index contributed by atoms with van der Waals surface area (Å²) in [6, 6.07) is 4.05. The van der Waals surface area contributed by atoms with Gasteiger partial charge in [-0.1, -0.05) is 38.6 Å². The zero-order chi connectivity index (χ0) is 18.0. The second-order valence-electron chi connectivity index (χ2n) is 7.63. The van der Waals surface area contributed by atoms with Gasteiger partial charge in [-0.3, -0.25) is 4.98 Å². The van der Waals surface area contributed by atoms with Crippen LogP contribution in [0.2, 0.25) is 18.1 Å². The van der Waals surface area contributed by atoms with Gasteiger partial charge in [0, 0.05) is 11.8 Å². The lowest BCUT2D eigenvalue weighted by atomic mass is 9.93. The normalized spacial score (nSPS) is 17.2. The molecule has 2 heterocycles. The van der Waals surface area contributed by atoms with Gasteiger partial charge in [0.15, 0.2) is 13.9 Å². The Bertz CT molecular complexity index is 580. The summed E-state index contributed by atoms with van der Waals surface area (Å²) in [6.07, 6.45) is 3.77. The van der Waals surface area contributed by atoms with E-state index in [4.69, 9.17) is 26.1 Å². The first-order valence-electron chi connectivity index (χ1n) is 8.04. The van der Waals surface area contributed by atoms with Gasteiger partial charge in [0.05, 0.1) is 25.5 Å². The number of pyridine rings is 1. The molecule has 1 aromatic rings. The Labute approximate surface area is 155 Å². The number of nitrogens with zero attached hydrogens (tertiary/aromatic N) is 1. The Kier molecular flexibility index (Phi) is 6.13. The molecule has 1 aliphatic rings. The lowest BCUT2D eigenvalue weighted by molar-refractivity contribution is -0.172. The Hall–Kier alpha value is -0.473. The lowest BCUT2D eigenvalue weighted by Gasteiger charge is -2.41. The van der Waals surface area contributed by atoms with Gasteiger partial charge < -0.3 is 13.9 Å². The first kappa shape index (κ1) is 19.8. The number of hydrogen-bond acceptors (Lipinski definition) is 6. The first-order valence-corrected chi connectivity index (χ1v) is 12.6. The van der Waals surface area contributed by atoms with E-state index in [1.54, 1.807) is 0 Å². The van der Waals surface area contributed by atoms with Crippen LogP contribution in [0.25, 0.3) is 0 Å². The first-order chi connectivity index (χ1) is 11.1. The van der Waals surface area contributed by atoms with Gasteiger partial charge in [-0.2, -0.15) is 0 Å². The minimum atomic E-state index is -1.76. The highest BCUT2D eigenvalue weighted by Gasteiger charge is 2.44. The quantitative estimate of drug-likeness (QED) is 0.549. The van der Waals surface area contributed by atoms with Crippen molar-refractivity contribution in [2.45, 2.75) is 51.1 Å². The maximum Gasteiger partial charge on any atom is 0.220 e. The molecule has 0 radical (unpaired) electrons. The summed E-state index contributed by atoms with van der Waals surface area (Å²) in [5.41, 5.74) is 1.46. The van der Waals surface area contributed by atoms with E-state index >= 15 is 0 Å². The topological polar surface area (TPSA) is 40.6 Å². The highest BCUT2D eigenvalue weighted by atomic mass is 32.2. The zero-order valence-corrected chi connectivity index (χ0v) is 18.0. The van der Waals surface area contributed by atoms with Crippen LogP contribution >= 0.6 is 24.0 Å². The summed E-state index contributed by atoms with van der Waals surface area (Å²) in [4.78, 5) is 4.56. The van der Waals surface area contributed by atoms with Crippen LogP contribution in [0.3, 0.4) is 0 Å². The maximum atomic E-state index is 6.22. The molecule has 0 aromatic carbocycles. The molecule has 4 nitrogen and oxygen atoms in total. The van der Waals surface area contributed by atoms with Crippen molar-refractivity contribution in [2.24, 2.45) is 0 Å². The van der Waals surface area contributed by atoms with E-state index in [-0.39, 0.29) is 5.04 Å². The van der Waals surface area contributed by atoms with Crippen molar-refractivity contribution < 1.29 is 13.9 Å². The third-order valence-corrected chi connectivity index (χ3v) is 10.3. The van der Waals surface area contributed by atoms with Crippen LogP contribution in [0, 0.1) is 0 Å². The third-order valence-electron chi connectivity index (χ3n) is 4.85. The van der Waals surface area contributed by atoms with Gasteiger partial charge in [-0.15, -0.1) is 0 Å². The van der Waals surface area contributed by atoms with Crippen LogP contribution in [0.15, 0.2) is 18.3 Å². The molecule has 1 aliphatic heterocycles. The number of hydrogen-bond donors (Lipinski definition) is 0. The Balaban J connectivity index is 2.04. The molecule has 0 N–H and O–H groups in total. The van der Waals surface area contributed by atoms with Crippen LogP contribution in [0.5, 0.6) is 0 Å². The molecule has 134 valence electrons. The smallest absolute Gasteiger partial charge is 0.220 e. The highest BCUT2D eigenvalue weighted by Crippen LogP contribution is 2.37. The summed E-state index contributed by atoms with van der Waals surface area (Å²) < 4.78 is 18.0. The number of thioether (sulfide) groups is 1. The average Bonchev–Trinajstić information content (AvgIpc) is 2.48. The van der Waals surface area contributed by atoms with Crippen LogP contribution < -0.4 is 0 Å². The van der Waals surface area contributed by atoms with Crippen molar-refractivity contribution >= 4 is 36.7 Å². The van der Waals surface area contributed by atoms with E-state index < -0.39 is 13.9 Å². The van der Waals surface area contributed by atoms with Gasteiger partial charge in [-0.05, 0) is 42.7 Å². The van der Waals surface area contributed by atoms with Crippen molar-refractivity contribution in [1.29, 1.82) is 0 Å². The fraction of sp³-hybridized carbons (Fsp3) is 0.647. The van der Waals surface area contributed by atoms with Crippen molar-refractivity contribution in [3.8, 4) is 0 Å². The van der Waals surface area contributed by atoms with E-state index in [0.29, 0.717) is 24.2 Å². The Morgan fingerprint density at radius 1 is 1.38 bits per heavy atom.